The first kappa shape index (κ1) is 13.4. The highest BCUT2D eigenvalue weighted by atomic mass is 79.9. The van der Waals surface area contributed by atoms with Gasteiger partial charge in [-0.05, 0) is 44.0 Å². The normalized spacial score (nSPS) is 11.8. The Kier molecular flexibility index (Phi) is 6.39. The van der Waals surface area contributed by atoms with E-state index in [2.05, 4.69) is 34.8 Å². The Morgan fingerprint density at radius 1 is 1.12 bits per heavy atom. The van der Waals surface area contributed by atoms with E-state index >= 15 is 0 Å². The number of nitrogens with zero attached hydrogens (tertiary/aromatic N) is 1. The van der Waals surface area contributed by atoms with Crippen LogP contribution in [-0.2, 0) is 0 Å². The van der Waals surface area contributed by atoms with Gasteiger partial charge in [0.25, 0.3) is 0 Å². The molecule has 88 valence electrons. The summed E-state index contributed by atoms with van der Waals surface area (Å²) in [5.41, 5.74) is 2.29. The standard InChI is InChI=1S/C14H20BrN/c1-3-4-5-6-7-12(2)16-14-10-8-13(15)9-11-14/h8-11H,3-7H2,1-2H3. The number of aliphatic imine (C=N–C) groups is 1. The van der Waals surface area contributed by atoms with Crippen molar-refractivity contribution < 1.29 is 0 Å². The molecule has 0 saturated carbocycles. The molecular weight excluding hydrogens is 262 g/mol. The lowest BCUT2D eigenvalue weighted by atomic mass is 10.1. The molecule has 0 unspecified atom stereocenters. The summed E-state index contributed by atoms with van der Waals surface area (Å²) in [6.45, 7) is 4.36. The van der Waals surface area contributed by atoms with E-state index in [1.807, 2.05) is 24.3 Å². The molecule has 1 nitrogen and oxygen atoms in total. The minimum absolute atomic E-state index is 1.05. The molecule has 1 aromatic carbocycles. The lowest BCUT2D eigenvalue weighted by molar-refractivity contribution is 0.682. The first-order valence-corrected chi connectivity index (χ1v) is 6.81. The second-order valence-electron chi connectivity index (χ2n) is 4.13. The number of rotatable bonds is 6. The molecule has 16 heavy (non-hydrogen) atoms. The highest BCUT2D eigenvalue weighted by Crippen LogP contribution is 2.17. The quantitative estimate of drug-likeness (QED) is 0.481. The number of hydrogen-bond acceptors (Lipinski definition) is 1. The summed E-state index contributed by atoms with van der Waals surface area (Å²) in [7, 11) is 0. The summed E-state index contributed by atoms with van der Waals surface area (Å²) in [6.07, 6.45) is 6.34. The van der Waals surface area contributed by atoms with Crippen LogP contribution in [0.3, 0.4) is 0 Å². The van der Waals surface area contributed by atoms with Crippen LogP contribution >= 0.6 is 15.9 Å². The van der Waals surface area contributed by atoms with Gasteiger partial charge in [0.05, 0.1) is 5.69 Å². The molecule has 0 amide bonds. The van der Waals surface area contributed by atoms with Gasteiger partial charge in [0, 0.05) is 10.2 Å². The Morgan fingerprint density at radius 3 is 2.44 bits per heavy atom. The zero-order valence-corrected chi connectivity index (χ0v) is 11.8. The maximum absolute atomic E-state index is 4.59. The molecule has 0 saturated heterocycles. The first-order chi connectivity index (χ1) is 7.72. The molecule has 0 bridgehead atoms. The summed E-state index contributed by atoms with van der Waals surface area (Å²) in [4.78, 5) is 4.59. The van der Waals surface area contributed by atoms with E-state index in [1.165, 1.54) is 31.4 Å². The lowest BCUT2D eigenvalue weighted by Gasteiger charge is -2.01. The molecule has 0 aliphatic rings. The predicted octanol–water partition coefficient (Wildman–Crippen LogP) is 5.51. The molecular formula is C14H20BrN. The fourth-order valence-corrected chi connectivity index (χ4v) is 1.86. The minimum Gasteiger partial charge on any atom is -0.258 e. The molecule has 0 atom stereocenters. The number of halogens is 1. The molecule has 2 heteroatoms. The topological polar surface area (TPSA) is 12.4 Å². The summed E-state index contributed by atoms with van der Waals surface area (Å²) in [5.74, 6) is 0. The smallest absolute Gasteiger partial charge is 0.0629 e. The molecule has 0 aliphatic heterocycles. The van der Waals surface area contributed by atoms with Crippen LogP contribution in [0.2, 0.25) is 0 Å². The third-order valence-corrected chi connectivity index (χ3v) is 3.07. The Balaban J connectivity index is 2.40. The van der Waals surface area contributed by atoms with E-state index in [-0.39, 0.29) is 0 Å². The van der Waals surface area contributed by atoms with Gasteiger partial charge in [-0.15, -0.1) is 0 Å². The Hall–Kier alpha value is -0.630. The van der Waals surface area contributed by atoms with Gasteiger partial charge in [0.1, 0.15) is 0 Å². The summed E-state index contributed by atoms with van der Waals surface area (Å²) in [5, 5.41) is 0. The van der Waals surface area contributed by atoms with E-state index in [0.29, 0.717) is 0 Å². The lowest BCUT2D eigenvalue weighted by Crippen LogP contribution is -1.90. The molecule has 0 radical (unpaired) electrons. The number of unbranched alkanes of at least 4 members (excludes halogenated alkanes) is 3. The number of hydrogen-bond donors (Lipinski definition) is 0. The fraction of sp³-hybridized carbons (Fsp3) is 0.500. The van der Waals surface area contributed by atoms with Gasteiger partial charge >= 0.3 is 0 Å². The minimum atomic E-state index is 1.05. The Labute approximate surface area is 107 Å². The van der Waals surface area contributed by atoms with Crippen molar-refractivity contribution in [3.63, 3.8) is 0 Å². The van der Waals surface area contributed by atoms with Gasteiger partial charge in [-0.3, -0.25) is 4.99 Å². The second-order valence-corrected chi connectivity index (χ2v) is 5.05. The molecule has 0 N–H and O–H groups in total. The molecule has 0 fully saturated rings. The molecule has 0 heterocycles. The van der Waals surface area contributed by atoms with Gasteiger partial charge < -0.3 is 0 Å². The van der Waals surface area contributed by atoms with Crippen molar-refractivity contribution in [1.82, 2.24) is 0 Å². The highest BCUT2D eigenvalue weighted by Gasteiger charge is 1.94. The summed E-state index contributed by atoms with van der Waals surface area (Å²) >= 11 is 3.42. The molecule has 0 aromatic heterocycles. The van der Waals surface area contributed by atoms with Crippen LogP contribution in [0.5, 0.6) is 0 Å². The third-order valence-electron chi connectivity index (χ3n) is 2.54. The zero-order valence-electron chi connectivity index (χ0n) is 10.2. The van der Waals surface area contributed by atoms with Crippen molar-refractivity contribution in [3.8, 4) is 0 Å². The Morgan fingerprint density at radius 2 is 1.81 bits per heavy atom. The fourth-order valence-electron chi connectivity index (χ4n) is 1.60. The number of benzene rings is 1. The summed E-state index contributed by atoms with van der Waals surface area (Å²) < 4.78 is 1.10. The van der Waals surface area contributed by atoms with E-state index in [4.69, 9.17) is 0 Å². The van der Waals surface area contributed by atoms with Crippen LogP contribution in [0.25, 0.3) is 0 Å². The van der Waals surface area contributed by atoms with Crippen molar-refractivity contribution in [2.24, 2.45) is 4.99 Å². The third kappa shape index (κ3) is 5.45. The highest BCUT2D eigenvalue weighted by molar-refractivity contribution is 9.10. The molecule has 1 rings (SSSR count). The van der Waals surface area contributed by atoms with Crippen molar-refractivity contribution in [3.05, 3.63) is 28.7 Å². The Bertz CT molecular complexity index is 327. The molecule has 0 aliphatic carbocycles. The van der Waals surface area contributed by atoms with Crippen LogP contribution in [0.15, 0.2) is 33.7 Å². The molecule has 1 aromatic rings. The average Bonchev–Trinajstić information content (AvgIpc) is 2.28. The van der Waals surface area contributed by atoms with Crippen molar-refractivity contribution in [2.45, 2.75) is 46.0 Å². The maximum Gasteiger partial charge on any atom is 0.0629 e. The SMILES string of the molecule is CCCCCCC(C)=Nc1ccc(Br)cc1. The van der Waals surface area contributed by atoms with Gasteiger partial charge in [0.15, 0.2) is 0 Å². The zero-order chi connectivity index (χ0) is 11.8. The van der Waals surface area contributed by atoms with Crippen molar-refractivity contribution in [1.29, 1.82) is 0 Å². The monoisotopic (exact) mass is 281 g/mol. The van der Waals surface area contributed by atoms with Crippen LogP contribution < -0.4 is 0 Å². The van der Waals surface area contributed by atoms with Crippen molar-refractivity contribution >= 4 is 27.3 Å². The van der Waals surface area contributed by atoms with Crippen LogP contribution in [0.4, 0.5) is 5.69 Å². The van der Waals surface area contributed by atoms with E-state index in [1.54, 1.807) is 0 Å². The largest absolute Gasteiger partial charge is 0.258 e. The van der Waals surface area contributed by atoms with E-state index in [9.17, 15) is 0 Å². The predicted molar refractivity (Wildman–Crippen MR) is 75.7 cm³/mol. The maximum atomic E-state index is 4.59. The van der Waals surface area contributed by atoms with E-state index in [0.717, 1.165) is 16.6 Å². The average molecular weight is 282 g/mol. The summed E-state index contributed by atoms with van der Waals surface area (Å²) in [6, 6.07) is 8.14. The van der Waals surface area contributed by atoms with Crippen molar-refractivity contribution in [2.75, 3.05) is 0 Å². The second kappa shape index (κ2) is 7.61. The van der Waals surface area contributed by atoms with Crippen LogP contribution in [0.1, 0.15) is 46.0 Å². The van der Waals surface area contributed by atoms with Gasteiger partial charge in [-0.25, -0.2) is 0 Å². The van der Waals surface area contributed by atoms with Crippen LogP contribution in [-0.4, -0.2) is 5.71 Å². The van der Waals surface area contributed by atoms with Crippen LogP contribution in [0, 0.1) is 0 Å². The van der Waals surface area contributed by atoms with Gasteiger partial charge in [0.2, 0.25) is 0 Å². The molecule has 0 spiro atoms. The van der Waals surface area contributed by atoms with Gasteiger partial charge in [-0.1, -0.05) is 42.1 Å². The van der Waals surface area contributed by atoms with Gasteiger partial charge in [-0.2, -0.15) is 0 Å². The van der Waals surface area contributed by atoms with E-state index < -0.39 is 0 Å². The first-order valence-electron chi connectivity index (χ1n) is 6.02.